The molecule has 2 aromatic carbocycles. The van der Waals surface area contributed by atoms with Gasteiger partial charge in [-0.1, -0.05) is 23.7 Å². The zero-order valence-electron chi connectivity index (χ0n) is 16.7. The Bertz CT molecular complexity index is 806. The molecule has 0 aromatic heterocycles. The van der Waals surface area contributed by atoms with Crippen LogP contribution in [-0.4, -0.2) is 49.3 Å². The van der Waals surface area contributed by atoms with Crippen molar-refractivity contribution in [2.45, 2.75) is 25.5 Å². The lowest BCUT2D eigenvalue weighted by Crippen LogP contribution is -2.50. The minimum absolute atomic E-state index is 0.0743. The number of ether oxygens (including phenoxy) is 2. The summed E-state index contributed by atoms with van der Waals surface area (Å²) in [6.07, 6.45) is 0. The van der Waals surface area contributed by atoms with Gasteiger partial charge in [0.15, 0.2) is 5.60 Å². The van der Waals surface area contributed by atoms with Gasteiger partial charge in [0.25, 0.3) is 5.91 Å². The molecule has 1 amide bonds. The van der Waals surface area contributed by atoms with Crippen LogP contribution >= 0.6 is 11.6 Å². The highest BCUT2D eigenvalue weighted by atomic mass is 35.5. The molecule has 0 radical (unpaired) electrons. The average Bonchev–Trinajstić information content (AvgIpc) is 2.71. The number of hydrogen-bond acceptors (Lipinski definition) is 4. The Morgan fingerprint density at radius 2 is 1.79 bits per heavy atom. The molecule has 1 saturated heterocycles. The molecule has 29 heavy (non-hydrogen) atoms. The van der Waals surface area contributed by atoms with Gasteiger partial charge in [-0.25, -0.2) is 4.39 Å². The van der Waals surface area contributed by atoms with E-state index in [0.29, 0.717) is 30.5 Å². The molecular weight excluding hydrogens is 395 g/mol. The standard InChI is InChI=1S/C22H26ClFN2O3/c1-22(2,29-19-9-5-17(23)6-10-19)21(27)25-15-20(26-11-13-28-14-12-26)16-3-7-18(24)8-4-16/h3-10,20H,11-15H2,1-2H3,(H,25,27)/t20-/m0/s1. The van der Waals surface area contributed by atoms with Crippen molar-refractivity contribution in [3.63, 3.8) is 0 Å². The number of nitrogens with one attached hydrogen (secondary N) is 1. The van der Waals surface area contributed by atoms with E-state index < -0.39 is 5.60 Å². The first-order valence-electron chi connectivity index (χ1n) is 9.65. The number of rotatable bonds is 7. The predicted molar refractivity (Wildman–Crippen MR) is 111 cm³/mol. The Morgan fingerprint density at radius 3 is 2.41 bits per heavy atom. The van der Waals surface area contributed by atoms with E-state index in [0.717, 1.165) is 18.7 Å². The molecule has 0 aliphatic carbocycles. The molecule has 1 N–H and O–H groups in total. The van der Waals surface area contributed by atoms with E-state index in [-0.39, 0.29) is 17.8 Å². The molecule has 156 valence electrons. The minimum Gasteiger partial charge on any atom is -0.478 e. The first-order valence-corrected chi connectivity index (χ1v) is 10.0. The first kappa shape index (κ1) is 21.6. The van der Waals surface area contributed by atoms with Crippen molar-refractivity contribution in [2.24, 2.45) is 0 Å². The van der Waals surface area contributed by atoms with Gasteiger partial charge in [-0.05, 0) is 55.8 Å². The summed E-state index contributed by atoms with van der Waals surface area (Å²) in [7, 11) is 0. The fraction of sp³-hybridized carbons (Fsp3) is 0.409. The summed E-state index contributed by atoms with van der Waals surface area (Å²) in [5.74, 6) is 0.0571. The van der Waals surface area contributed by atoms with Crippen molar-refractivity contribution in [3.8, 4) is 5.75 Å². The van der Waals surface area contributed by atoms with E-state index >= 15 is 0 Å². The Hall–Kier alpha value is -2.15. The number of benzene rings is 2. The molecular formula is C22H26ClFN2O3. The smallest absolute Gasteiger partial charge is 0.263 e. The number of halogens is 2. The largest absolute Gasteiger partial charge is 0.478 e. The Morgan fingerprint density at radius 1 is 1.17 bits per heavy atom. The summed E-state index contributed by atoms with van der Waals surface area (Å²) in [6.45, 7) is 6.60. The van der Waals surface area contributed by atoms with E-state index in [1.54, 1.807) is 50.2 Å². The van der Waals surface area contributed by atoms with Crippen molar-refractivity contribution >= 4 is 17.5 Å². The third kappa shape index (κ3) is 5.92. The molecule has 0 saturated carbocycles. The number of carbonyl (C=O) groups is 1. The van der Waals surface area contributed by atoms with Crippen LogP contribution in [0.4, 0.5) is 4.39 Å². The quantitative estimate of drug-likeness (QED) is 0.739. The lowest BCUT2D eigenvalue weighted by molar-refractivity contribution is -0.134. The third-order valence-electron chi connectivity index (χ3n) is 4.93. The maximum atomic E-state index is 13.4. The normalized spacial score (nSPS) is 16.3. The van der Waals surface area contributed by atoms with Gasteiger partial charge in [-0.2, -0.15) is 0 Å². The Kier molecular flexibility index (Phi) is 7.11. The summed E-state index contributed by atoms with van der Waals surface area (Å²) in [5, 5.41) is 3.60. The van der Waals surface area contributed by atoms with E-state index in [9.17, 15) is 9.18 Å². The third-order valence-corrected chi connectivity index (χ3v) is 5.18. The highest BCUT2D eigenvalue weighted by Crippen LogP contribution is 2.24. The van der Waals surface area contributed by atoms with Crippen molar-refractivity contribution in [1.29, 1.82) is 0 Å². The van der Waals surface area contributed by atoms with Gasteiger partial charge < -0.3 is 14.8 Å². The van der Waals surface area contributed by atoms with Crippen LogP contribution < -0.4 is 10.1 Å². The molecule has 5 nitrogen and oxygen atoms in total. The zero-order valence-corrected chi connectivity index (χ0v) is 17.4. The average molecular weight is 421 g/mol. The highest BCUT2D eigenvalue weighted by Gasteiger charge is 2.31. The second-order valence-electron chi connectivity index (χ2n) is 7.49. The fourth-order valence-electron chi connectivity index (χ4n) is 3.28. The summed E-state index contributed by atoms with van der Waals surface area (Å²) in [5.41, 5.74) is -0.114. The van der Waals surface area contributed by atoms with Crippen molar-refractivity contribution in [3.05, 3.63) is 64.9 Å². The van der Waals surface area contributed by atoms with E-state index in [2.05, 4.69) is 10.2 Å². The monoisotopic (exact) mass is 420 g/mol. The highest BCUT2D eigenvalue weighted by molar-refractivity contribution is 6.30. The van der Waals surface area contributed by atoms with Crippen molar-refractivity contribution in [2.75, 3.05) is 32.8 Å². The van der Waals surface area contributed by atoms with Crippen LogP contribution in [0, 0.1) is 5.82 Å². The lowest BCUT2D eigenvalue weighted by Gasteiger charge is -2.35. The topological polar surface area (TPSA) is 50.8 Å². The molecule has 1 aliphatic rings. The van der Waals surface area contributed by atoms with Gasteiger partial charge in [0, 0.05) is 24.7 Å². The van der Waals surface area contributed by atoms with Crippen molar-refractivity contribution in [1.82, 2.24) is 10.2 Å². The fourth-order valence-corrected chi connectivity index (χ4v) is 3.40. The number of amides is 1. The number of carbonyl (C=O) groups excluding carboxylic acids is 1. The van der Waals surface area contributed by atoms with Gasteiger partial charge in [-0.3, -0.25) is 9.69 Å². The lowest BCUT2D eigenvalue weighted by atomic mass is 10.0. The molecule has 0 spiro atoms. The summed E-state index contributed by atoms with van der Waals surface area (Å²) in [6, 6.07) is 13.2. The molecule has 3 rings (SSSR count). The number of morpholine rings is 1. The maximum absolute atomic E-state index is 13.4. The van der Waals surface area contributed by atoms with E-state index in [1.165, 1.54) is 12.1 Å². The van der Waals surface area contributed by atoms with Crippen LogP contribution in [0.5, 0.6) is 5.75 Å². The van der Waals surface area contributed by atoms with Gasteiger partial charge in [0.05, 0.1) is 19.3 Å². The van der Waals surface area contributed by atoms with E-state index in [1.807, 2.05) is 0 Å². The van der Waals surface area contributed by atoms with Gasteiger partial charge in [-0.15, -0.1) is 0 Å². The van der Waals surface area contributed by atoms with Crippen molar-refractivity contribution < 1.29 is 18.7 Å². The molecule has 1 heterocycles. The molecule has 0 bridgehead atoms. The molecule has 1 fully saturated rings. The van der Waals surface area contributed by atoms with Crippen LogP contribution in [0.25, 0.3) is 0 Å². The predicted octanol–water partition coefficient (Wildman–Crippen LogP) is 3.83. The van der Waals surface area contributed by atoms with Gasteiger partial charge in [0.1, 0.15) is 11.6 Å². The Balaban J connectivity index is 1.67. The first-order chi connectivity index (χ1) is 13.8. The van der Waals surface area contributed by atoms with Crippen LogP contribution in [0.2, 0.25) is 5.02 Å². The van der Waals surface area contributed by atoms with Crippen LogP contribution in [0.15, 0.2) is 48.5 Å². The summed E-state index contributed by atoms with van der Waals surface area (Å²) in [4.78, 5) is 15.1. The maximum Gasteiger partial charge on any atom is 0.263 e. The SMILES string of the molecule is CC(C)(Oc1ccc(Cl)cc1)C(=O)NC[C@@H](c1ccc(F)cc1)N1CCOCC1. The summed E-state index contributed by atoms with van der Waals surface area (Å²) < 4.78 is 24.7. The number of nitrogens with zero attached hydrogens (tertiary/aromatic N) is 1. The van der Waals surface area contributed by atoms with Gasteiger partial charge >= 0.3 is 0 Å². The van der Waals surface area contributed by atoms with Crippen LogP contribution in [0.1, 0.15) is 25.5 Å². The molecule has 1 atom stereocenters. The molecule has 2 aromatic rings. The van der Waals surface area contributed by atoms with Gasteiger partial charge in [0.2, 0.25) is 0 Å². The summed E-state index contributed by atoms with van der Waals surface area (Å²) >= 11 is 5.90. The van der Waals surface area contributed by atoms with Crippen LogP contribution in [-0.2, 0) is 9.53 Å². The van der Waals surface area contributed by atoms with E-state index in [4.69, 9.17) is 21.1 Å². The molecule has 7 heteroatoms. The Labute approximate surface area is 175 Å². The molecule has 0 unspecified atom stereocenters. The number of hydrogen-bond donors (Lipinski definition) is 1. The van der Waals surface area contributed by atoms with Crippen LogP contribution in [0.3, 0.4) is 0 Å². The minimum atomic E-state index is -1.06. The molecule has 1 aliphatic heterocycles. The second-order valence-corrected chi connectivity index (χ2v) is 7.93. The zero-order chi connectivity index (χ0) is 20.9. The second kappa shape index (κ2) is 9.57.